The van der Waals surface area contributed by atoms with Crippen LogP contribution in [0.25, 0.3) is 11.7 Å². The summed E-state index contributed by atoms with van der Waals surface area (Å²) in [5.41, 5.74) is 2.80. The number of hydrogen-bond donors (Lipinski definition) is 0. The van der Waals surface area contributed by atoms with Crippen LogP contribution in [0, 0.1) is 6.92 Å². The number of aromatic nitrogens is 2. The van der Waals surface area contributed by atoms with Crippen molar-refractivity contribution in [2.45, 2.75) is 19.9 Å². The highest BCUT2D eigenvalue weighted by molar-refractivity contribution is 8.26. The summed E-state index contributed by atoms with van der Waals surface area (Å²) < 4.78 is 2.05. The molecule has 1 amide bonds. The van der Waals surface area contributed by atoms with Gasteiger partial charge in [0.05, 0.1) is 16.5 Å². The van der Waals surface area contributed by atoms with Gasteiger partial charge in [0.25, 0.3) is 11.5 Å². The van der Waals surface area contributed by atoms with Crippen molar-refractivity contribution in [2.24, 2.45) is 0 Å². The number of nitrogens with zero attached hydrogens (tertiary/aromatic N) is 5. The summed E-state index contributed by atoms with van der Waals surface area (Å²) in [5.74, 6) is 0.438. The number of thiocarbonyl (C=S) groups is 1. The number of thioether (sulfide) groups is 1. The first-order chi connectivity index (χ1) is 16.8. The largest absolute Gasteiger partial charge is 0.353 e. The molecule has 0 N–H and O–H groups in total. The number of hydrogen-bond acceptors (Lipinski definition) is 7. The minimum absolute atomic E-state index is 0.186. The molecule has 2 aromatic heterocycles. The van der Waals surface area contributed by atoms with Crippen LogP contribution in [0.5, 0.6) is 0 Å². The first-order valence-corrected chi connectivity index (χ1v) is 12.8. The smallest absolute Gasteiger partial charge is 0.267 e. The Morgan fingerprint density at radius 2 is 1.77 bits per heavy atom. The molecular formula is C26H27N5O2S2. The van der Waals surface area contributed by atoms with Crippen LogP contribution in [-0.4, -0.2) is 62.6 Å². The van der Waals surface area contributed by atoms with E-state index in [1.165, 1.54) is 11.8 Å². The molecule has 2 aliphatic heterocycles. The van der Waals surface area contributed by atoms with Crippen molar-refractivity contribution < 1.29 is 4.79 Å². The van der Waals surface area contributed by atoms with Crippen molar-refractivity contribution >= 4 is 51.7 Å². The van der Waals surface area contributed by atoms with E-state index in [1.807, 2.05) is 56.3 Å². The predicted molar refractivity (Wildman–Crippen MR) is 146 cm³/mol. The summed E-state index contributed by atoms with van der Waals surface area (Å²) in [6.45, 7) is 7.20. The number of aryl methyl sites for hydroxylation is 1. The van der Waals surface area contributed by atoms with E-state index in [0.717, 1.165) is 37.3 Å². The molecule has 35 heavy (non-hydrogen) atoms. The SMILES string of the molecule is Cc1cccn2c(=O)c(/C=C3\SC(=S)N(C(C)c4ccccc4)C3=O)c(N3CCN(C)CC3)nc12. The average Bonchev–Trinajstić information content (AvgIpc) is 3.14. The van der Waals surface area contributed by atoms with Crippen LogP contribution in [0.1, 0.15) is 29.7 Å². The summed E-state index contributed by atoms with van der Waals surface area (Å²) in [6, 6.07) is 13.4. The van der Waals surface area contributed by atoms with Crippen molar-refractivity contribution in [3.05, 3.63) is 80.6 Å². The number of likely N-dealkylation sites (N-methyl/N-ethyl adjacent to an activating group) is 1. The molecule has 0 saturated carbocycles. The minimum atomic E-state index is -0.204. The van der Waals surface area contributed by atoms with Crippen LogP contribution in [0.3, 0.4) is 0 Å². The second kappa shape index (κ2) is 9.56. The second-order valence-electron chi connectivity index (χ2n) is 8.97. The zero-order valence-electron chi connectivity index (χ0n) is 20.0. The second-order valence-corrected chi connectivity index (χ2v) is 10.6. The Bertz CT molecular complexity index is 1390. The summed E-state index contributed by atoms with van der Waals surface area (Å²) in [5, 5.41) is 0. The van der Waals surface area contributed by atoms with Gasteiger partial charge in [0, 0.05) is 32.4 Å². The third kappa shape index (κ3) is 4.39. The van der Waals surface area contributed by atoms with E-state index in [4.69, 9.17) is 17.2 Å². The molecule has 1 unspecified atom stereocenters. The van der Waals surface area contributed by atoms with Crippen LogP contribution < -0.4 is 10.5 Å². The lowest BCUT2D eigenvalue weighted by Crippen LogP contribution is -2.45. The maximum absolute atomic E-state index is 13.7. The van der Waals surface area contributed by atoms with Crippen LogP contribution in [-0.2, 0) is 4.79 Å². The average molecular weight is 506 g/mol. The van der Waals surface area contributed by atoms with E-state index in [2.05, 4.69) is 16.8 Å². The van der Waals surface area contributed by atoms with E-state index in [-0.39, 0.29) is 17.5 Å². The lowest BCUT2D eigenvalue weighted by atomic mass is 10.1. The Morgan fingerprint density at radius 1 is 1.06 bits per heavy atom. The van der Waals surface area contributed by atoms with Gasteiger partial charge in [-0.15, -0.1) is 0 Å². The van der Waals surface area contributed by atoms with Crippen molar-refractivity contribution in [1.82, 2.24) is 19.2 Å². The number of benzene rings is 1. The Kier molecular flexibility index (Phi) is 6.48. The molecule has 2 aliphatic rings. The number of rotatable bonds is 4. The standard InChI is InChI=1S/C26H27N5O2S2/c1-17-8-7-11-30-22(17)27-23(29-14-12-28(3)13-15-29)20(24(30)32)16-21-25(33)31(26(34)35-21)18(2)19-9-5-4-6-10-19/h4-11,16,18H,12-15H2,1-3H3/b21-16-. The number of carbonyl (C=O) groups excluding carboxylic acids is 1. The van der Waals surface area contributed by atoms with Gasteiger partial charge in [-0.2, -0.15) is 0 Å². The van der Waals surface area contributed by atoms with Gasteiger partial charge >= 0.3 is 0 Å². The number of carbonyl (C=O) groups is 1. The highest BCUT2D eigenvalue weighted by Crippen LogP contribution is 2.38. The number of pyridine rings is 1. The van der Waals surface area contributed by atoms with E-state index in [0.29, 0.717) is 26.3 Å². The first kappa shape index (κ1) is 23.7. The lowest BCUT2D eigenvalue weighted by Gasteiger charge is -2.34. The van der Waals surface area contributed by atoms with Crippen LogP contribution in [0.4, 0.5) is 5.82 Å². The van der Waals surface area contributed by atoms with Crippen LogP contribution in [0.15, 0.2) is 58.4 Å². The maximum atomic E-state index is 13.7. The number of piperazine rings is 1. The first-order valence-electron chi connectivity index (χ1n) is 11.6. The molecule has 0 radical (unpaired) electrons. The number of fused-ring (bicyclic) bond motifs is 1. The zero-order valence-corrected chi connectivity index (χ0v) is 21.6. The molecule has 7 nitrogen and oxygen atoms in total. The molecule has 180 valence electrons. The molecule has 3 aromatic rings. The van der Waals surface area contributed by atoms with Gasteiger partial charge in [-0.25, -0.2) is 4.98 Å². The van der Waals surface area contributed by atoms with Crippen LogP contribution >= 0.6 is 24.0 Å². The van der Waals surface area contributed by atoms with Gasteiger partial charge in [0.1, 0.15) is 15.8 Å². The maximum Gasteiger partial charge on any atom is 0.267 e. The zero-order chi connectivity index (χ0) is 24.7. The molecule has 2 fully saturated rings. The molecule has 0 aliphatic carbocycles. The fourth-order valence-corrected chi connectivity index (χ4v) is 5.91. The number of anilines is 1. The topological polar surface area (TPSA) is 61.2 Å². The monoisotopic (exact) mass is 505 g/mol. The van der Waals surface area contributed by atoms with E-state index >= 15 is 0 Å². The summed E-state index contributed by atoms with van der Waals surface area (Å²) in [6.07, 6.45) is 3.42. The van der Waals surface area contributed by atoms with Crippen molar-refractivity contribution in [2.75, 3.05) is 38.1 Å². The third-order valence-corrected chi connectivity index (χ3v) is 7.97. The summed E-state index contributed by atoms with van der Waals surface area (Å²) in [4.78, 5) is 38.6. The van der Waals surface area contributed by atoms with Gasteiger partial charge in [-0.1, -0.05) is 60.4 Å². The highest BCUT2D eigenvalue weighted by atomic mass is 32.2. The molecule has 2 saturated heterocycles. The Morgan fingerprint density at radius 3 is 2.49 bits per heavy atom. The third-order valence-electron chi connectivity index (χ3n) is 6.64. The molecule has 9 heteroatoms. The van der Waals surface area contributed by atoms with Gasteiger partial charge in [-0.3, -0.25) is 18.9 Å². The molecule has 4 heterocycles. The highest BCUT2D eigenvalue weighted by Gasteiger charge is 2.36. The quantitative estimate of drug-likeness (QED) is 0.396. The van der Waals surface area contributed by atoms with Gasteiger partial charge in [0.15, 0.2) is 0 Å². The molecular weight excluding hydrogens is 478 g/mol. The molecule has 0 bridgehead atoms. The predicted octanol–water partition coefficient (Wildman–Crippen LogP) is 3.72. The van der Waals surface area contributed by atoms with E-state index in [9.17, 15) is 9.59 Å². The van der Waals surface area contributed by atoms with Crippen molar-refractivity contribution in [3.8, 4) is 0 Å². The van der Waals surface area contributed by atoms with Crippen LogP contribution in [0.2, 0.25) is 0 Å². The van der Waals surface area contributed by atoms with Gasteiger partial charge in [0.2, 0.25) is 0 Å². The van der Waals surface area contributed by atoms with Gasteiger partial charge < -0.3 is 9.80 Å². The Labute approximate surface area is 214 Å². The van der Waals surface area contributed by atoms with Crippen molar-refractivity contribution in [1.29, 1.82) is 0 Å². The molecule has 0 spiro atoms. The fraction of sp³-hybridized carbons (Fsp3) is 0.308. The molecule has 1 aromatic carbocycles. The molecule has 1 atom stereocenters. The van der Waals surface area contributed by atoms with Gasteiger partial charge in [-0.05, 0) is 44.2 Å². The fourth-order valence-electron chi connectivity index (χ4n) is 4.51. The number of amides is 1. The summed E-state index contributed by atoms with van der Waals surface area (Å²) in [7, 11) is 2.09. The van der Waals surface area contributed by atoms with E-state index in [1.54, 1.807) is 21.6 Å². The normalized spacial score (nSPS) is 19.2. The van der Waals surface area contributed by atoms with E-state index < -0.39 is 0 Å². The Balaban J connectivity index is 1.60. The Hall–Kier alpha value is -3.01. The molecule has 5 rings (SSSR count). The summed E-state index contributed by atoms with van der Waals surface area (Å²) >= 11 is 6.84. The van der Waals surface area contributed by atoms with Crippen molar-refractivity contribution in [3.63, 3.8) is 0 Å². The lowest BCUT2D eigenvalue weighted by molar-refractivity contribution is -0.123. The minimum Gasteiger partial charge on any atom is -0.353 e.